The molecule has 0 amide bonds. The third-order valence-corrected chi connectivity index (χ3v) is 0. The second-order valence-electron chi connectivity index (χ2n) is 0.267. The van der Waals surface area contributed by atoms with E-state index in [1.54, 1.807) is 0 Å². The van der Waals surface area contributed by atoms with Crippen LogP contribution < -0.4 is 0 Å². The van der Waals surface area contributed by atoms with Crippen molar-refractivity contribution in [2.45, 2.75) is 21.8 Å². The summed E-state index contributed by atoms with van der Waals surface area (Å²) in [5.74, 6) is 0. The summed E-state index contributed by atoms with van der Waals surface area (Å²) in [4.78, 5) is 0. The molecule has 0 rings (SSSR count). The number of alkyl halides is 1. The van der Waals surface area contributed by atoms with Crippen LogP contribution in [0.1, 0.15) is 21.8 Å². The normalized spacial score (nSPS) is 3.60. The molecule has 0 spiro atoms. The highest BCUT2D eigenvalue weighted by atomic mass is 19.1. The van der Waals surface area contributed by atoms with Crippen molar-refractivity contribution in [1.29, 1.82) is 0 Å². The molecule has 0 saturated carbocycles. The van der Waals surface area contributed by atoms with Crippen molar-refractivity contribution in [2.24, 2.45) is 0 Å². The summed E-state index contributed by atoms with van der Waals surface area (Å²) >= 11 is 0. The van der Waals surface area contributed by atoms with Crippen molar-refractivity contribution >= 4 is 0 Å². The van der Waals surface area contributed by atoms with Crippen molar-refractivity contribution in [1.82, 2.24) is 0 Å². The van der Waals surface area contributed by atoms with Crippen LogP contribution in [0.4, 0.5) is 4.39 Å². The number of hydrogen-bond donors (Lipinski definition) is 0. The topological polar surface area (TPSA) is 0 Å². The predicted molar refractivity (Wildman–Crippen MR) is 25.1 cm³/mol. The van der Waals surface area contributed by atoms with E-state index in [4.69, 9.17) is 0 Å². The molecule has 0 fully saturated rings. The molecule has 0 radical (unpaired) electrons. The van der Waals surface area contributed by atoms with Gasteiger partial charge < -0.3 is 0 Å². The lowest BCUT2D eigenvalue weighted by Crippen LogP contribution is -1.40. The molecule has 1 heteroatoms. The molecule has 0 heterocycles. The van der Waals surface area contributed by atoms with E-state index in [-0.39, 0.29) is 21.5 Å². The van der Waals surface area contributed by atoms with Gasteiger partial charge in [0.25, 0.3) is 0 Å². The maximum atomic E-state index is 10.3. The minimum absolute atomic E-state index is 0. The van der Waals surface area contributed by atoms with Crippen LogP contribution in [0, 0.1) is 0 Å². The van der Waals surface area contributed by atoms with Gasteiger partial charge in [-0.05, 0) is 6.92 Å². The van der Waals surface area contributed by atoms with Gasteiger partial charge in [0.2, 0.25) is 0 Å². The molecular formula is C4H13F. The first-order chi connectivity index (χ1) is 1.41. The molecule has 0 aliphatic heterocycles. The maximum Gasteiger partial charge on any atom is 0.0866 e. The Morgan fingerprint density at radius 2 is 1.40 bits per heavy atom. The van der Waals surface area contributed by atoms with E-state index in [0.717, 1.165) is 0 Å². The lowest BCUT2D eigenvalue weighted by molar-refractivity contribution is 0.527. The first-order valence-corrected chi connectivity index (χ1v) is 0.974. The maximum absolute atomic E-state index is 10.3. The monoisotopic (exact) mass is 80.1 g/mol. The Kier molecular flexibility index (Phi) is 159. The summed E-state index contributed by atoms with van der Waals surface area (Å²) < 4.78 is 10.3. The Morgan fingerprint density at radius 3 is 1.40 bits per heavy atom. The molecule has 0 unspecified atom stereocenters. The standard InChI is InChI=1S/C2H5F.2CH4/c1-2-3;;/h2H2,1H3;2*1H4. The van der Waals surface area contributed by atoms with Crippen molar-refractivity contribution in [3.05, 3.63) is 0 Å². The Morgan fingerprint density at radius 1 is 1.40 bits per heavy atom. The lowest BCUT2D eigenvalue weighted by atomic mass is 10.9. The number of halogens is 1. The Hall–Kier alpha value is -0.0700. The van der Waals surface area contributed by atoms with Crippen molar-refractivity contribution in [3.63, 3.8) is 0 Å². The summed E-state index contributed by atoms with van der Waals surface area (Å²) in [5, 5.41) is 0. The SMILES string of the molecule is C.C.CCF. The van der Waals surface area contributed by atoms with Crippen molar-refractivity contribution in [3.8, 4) is 0 Å². The molecule has 0 nitrogen and oxygen atoms in total. The molecule has 5 heavy (non-hydrogen) atoms. The fraction of sp³-hybridized carbons (Fsp3) is 1.00. The quantitative estimate of drug-likeness (QED) is 0.418. The molecule has 0 N–H and O–H groups in total. The molecule has 0 aliphatic rings. The van der Waals surface area contributed by atoms with Gasteiger partial charge in [-0.2, -0.15) is 0 Å². The summed E-state index contributed by atoms with van der Waals surface area (Å²) in [6.07, 6.45) is 0. The molecule has 0 saturated heterocycles. The van der Waals surface area contributed by atoms with Crippen LogP contribution in [0.5, 0.6) is 0 Å². The second-order valence-corrected chi connectivity index (χ2v) is 0.267. The number of rotatable bonds is 0. The van der Waals surface area contributed by atoms with Gasteiger partial charge in [-0.3, -0.25) is 4.39 Å². The first-order valence-electron chi connectivity index (χ1n) is 0.974. The van der Waals surface area contributed by atoms with Gasteiger partial charge in [-0.1, -0.05) is 14.9 Å². The van der Waals surface area contributed by atoms with Gasteiger partial charge in [-0.15, -0.1) is 0 Å². The van der Waals surface area contributed by atoms with Gasteiger partial charge in [0.1, 0.15) is 0 Å². The van der Waals surface area contributed by atoms with E-state index in [2.05, 4.69) is 0 Å². The van der Waals surface area contributed by atoms with Crippen LogP contribution in [-0.4, -0.2) is 6.67 Å². The van der Waals surface area contributed by atoms with E-state index in [0.29, 0.717) is 0 Å². The van der Waals surface area contributed by atoms with Crippen LogP contribution in [0.25, 0.3) is 0 Å². The van der Waals surface area contributed by atoms with E-state index < -0.39 is 0 Å². The van der Waals surface area contributed by atoms with E-state index in [1.165, 1.54) is 6.92 Å². The predicted octanol–water partition coefficient (Wildman–Crippen LogP) is 2.25. The zero-order valence-electron chi connectivity index (χ0n) is 2.09. The van der Waals surface area contributed by atoms with E-state index >= 15 is 0 Å². The van der Waals surface area contributed by atoms with Crippen LogP contribution in [0.15, 0.2) is 0 Å². The summed E-state index contributed by atoms with van der Waals surface area (Å²) in [7, 11) is 0. The second kappa shape index (κ2) is 39.0. The molecule has 36 valence electrons. The van der Waals surface area contributed by atoms with Crippen LogP contribution in [0.2, 0.25) is 0 Å². The summed E-state index contributed by atoms with van der Waals surface area (Å²) in [6, 6.07) is 0. The zero-order valence-corrected chi connectivity index (χ0v) is 2.09. The average molecular weight is 80.1 g/mol. The molecule has 0 aliphatic carbocycles. The Balaban J connectivity index is -0.0000000200. The van der Waals surface area contributed by atoms with E-state index in [1.807, 2.05) is 0 Å². The van der Waals surface area contributed by atoms with Gasteiger partial charge in [0.05, 0.1) is 6.67 Å². The van der Waals surface area contributed by atoms with Gasteiger partial charge in [-0.25, -0.2) is 0 Å². The fourth-order valence-electron chi connectivity index (χ4n) is 0. The fourth-order valence-corrected chi connectivity index (χ4v) is 0. The van der Waals surface area contributed by atoms with E-state index in [9.17, 15) is 4.39 Å². The van der Waals surface area contributed by atoms with Crippen molar-refractivity contribution in [2.75, 3.05) is 6.67 Å². The highest BCUT2D eigenvalue weighted by molar-refractivity contribution is 3.86. The highest BCUT2D eigenvalue weighted by Gasteiger charge is 1.39. The minimum Gasteiger partial charge on any atom is -0.251 e. The number of hydrogen-bond acceptors (Lipinski definition) is 0. The molecule has 0 bridgehead atoms. The van der Waals surface area contributed by atoms with Crippen LogP contribution in [-0.2, 0) is 0 Å². The third-order valence-electron chi connectivity index (χ3n) is 0. The highest BCUT2D eigenvalue weighted by Crippen LogP contribution is 1.48. The lowest BCUT2D eigenvalue weighted by Gasteiger charge is -1.45. The molecule has 0 atom stereocenters. The summed E-state index contributed by atoms with van der Waals surface area (Å²) in [5.41, 5.74) is 0. The first kappa shape index (κ1) is 20.4. The van der Waals surface area contributed by atoms with Gasteiger partial charge in [0, 0.05) is 0 Å². The van der Waals surface area contributed by atoms with Gasteiger partial charge in [0.15, 0.2) is 0 Å². The molecule has 0 aromatic rings. The molecule has 0 aromatic carbocycles. The average Bonchev–Trinajstić information content (AvgIpc) is 0.918. The Bertz CT molecular complexity index is 3.61. The van der Waals surface area contributed by atoms with Gasteiger partial charge >= 0.3 is 0 Å². The van der Waals surface area contributed by atoms with Crippen LogP contribution >= 0.6 is 0 Å². The third kappa shape index (κ3) is 2990. The Labute approximate surface area is 34.0 Å². The largest absolute Gasteiger partial charge is 0.251 e. The van der Waals surface area contributed by atoms with Crippen LogP contribution in [0.3, 0.4) is 0 Å². The summed E-state index contributed by atoms with van der Waals surface area (Å²) in [6.45, 7) is 1.21. The zero-order chi connectivity index (χ0) is 2.71. The smallest absolute Gasteiger partial charge is 0.0866 e. The van der Waals surface area contributed by atoms with Crippen molar-refractivity contribution < 1.29 is 4.39 Å². The minimum atomic E-state index is -0.250. The molecule has 0 aromatic heterocycles. The molecular weight excluding hydrogens is 67.0 g/mol.